The third-order valence-corrected chi connectivity index (χ3v) is 1.66. The summed E-state index contributed by atoms with van der Waals surface area (Å²) in [6.07, 6.45) is 5.93. The summed E-state index contributed by atoms with van der Waals surface area (Å²) in [6, 6.07) is 0. The van der Waals surface area contributed by atoms with Gasteiger partial charge >= 0.3 is 0 Å². The van der Waals surface area contributed by atoms with Crippen molar-refractivity contribution in [1.29, 1.82) is 0 Å². The van der Waals surface area contributed by atoms with Crippen LogP contribution in [0.5, 0.6) is 0 Å². The van der Waals surface area contributed by atoms with E-state index in [0.29, 0.717) is 5.78 Å². The van der Waals surface area contributed by atoms with E-state index in [1.165, 1.54) is 0 Å². The fourth-order valence-electron chi connectivity index (χ4n) is 1.20. The zero-order valence-corrected chi connectivity index (χ0v) is 5.81. The fourth-order valence-corrected chi connectivity index (χ4v) is 1.20. The molecule has 0 bridgehead atoms. The predicted molar refractivity (Wildman–Crippen MR) is 37.2 cm³/mol. The molecular weight excluding hydrogens is 112 g/mol. The van der Waals surface area contributed by atoms with E-state index in [-0.39, 0.29) is 0 Å². The maximum Gasteiger partial charge on any atom is 0.158 e. The molecule has 1 nitrogen and oxygen atoms in total. The first kappa shape index (κ1) is 6.53. The van der Waals surface area contributed by atoms with Gasteiger partial charge in [-0.05, 0) is 24.8 Å². The molecule has 0 saturated heterocycles. The van der Waals surface area contributed by atoms with E-state index in [4.69, 9.17) is 0 Å². The first-order valence-corrected chi connectivity index (χ1v) is 3.57. The average molecular weight is 124 g/mol. The van der Waals surface area contributed by atoms with Gasteiger partial charge in [0.25, 0.3) is 0 Å². The Balaban J connectivity index is 2.59. The van der Waals surface area contributed by atoms with E-state index in [1.54, 1.807) is 0 Å². The van der Waals surface area contributed by atoms with Crippen molar-refractivity contribution in [1.82, 2.24) is 0 Å². The van der Waals surface area contributed by atoms with E-state index in [2.05, 4.69) is 13.0 Å². The number of rotatable bonds is 1. The number of carbonyl (C=O) groups is 1. The molecule has 9 heavy (non-hydrogen) atoms. The molecule has 0 heterocycles. The number of Topliss-reactive ketones (excluding diaryl/α,β-unsaturated/α-hetero) is 1. The summed E-state index contributed by atoms with van der Waals surface area (Å²) in [4.78, 5) is 10.9. The summed E-state index contributed by atoms with van der Waals surface area (Å²) in [5.41, 5.74) is 1.07. The minimum absolute atomic E-state index is 0.372. The van der Waals surface area contributed by atoms with Crippen LogP contribution in [0.4, 0.5) is 0 Å². The van der Waals surface area contributed by atoms with E-state index in [9.17, 15) is 4.79 Å². The van der Waals surface area contributed by atoms with E-state index in [1.807, 2.05) is 0 Å². The summed E-state index contributed by atoms with van der Waals surface area (Å²) < 4.78 is 0. The summed E-state index contributed by atoms with van der Waals surface area (Å²) in [5.74, 6) is 0.372. The van der Waals surface area contributed by atoms with Crippen LogP contribution < -0.4 is 0 Å². The van der Waals surface area contributed by atoms with Crippen LogP contribution in [0.1, 0.15) is 32.6 Å². The Hall–Kier alpha value is -0.590. The molecule has 0 aliphatic heterocycles. The van der Waals surface area contributed by atoms with Gasteiger partial charge in [-0.1, -0.05) is 13.0 Å². The Morgan fingerprint density at radius 2 is 2.33 bits per heavy atom. The van der Waals surface area contributed by atoms with Gasteiger partial charge in [0, 0.05) is 6.42 Å². The Labute approximate surface area is 55.8 Å². The molecule has 1 aliphatic carbocycles. The van der Waals surface area contributed by atoms with E-state index >= 15 is 0 Å². The lowest BCUT2D eigenvalue weighted by atomic mass is 10.2. The van der Waals surface area contributed by atoms with Crippen molar-refractivity contribution in [2.45, 2.75) is 32.6 Å². The zero-order valence-electron chi connectivity index (χ0n) is 5.81. The van der Waals surface area contributed by atoms with Crippen LogP contribution in [0.25, 0.3) is 0 Å². The number of allylic oxidation sites excluding steroid dienone is 2. The maximum atomic E-state index is 10.9. The number of ketones is 1. The number of hydrogen-bond acceptors (Lipinski definition) is 1. The summed E-state index contributed by atoms with van der Waals surface area (Å²) in [7, 11) is 0. The zero-order chi connectivity index (χ0) is 6.69. The molecule has 1 fully saturated rings. The van der Waals surface area contributed by atoms with Crippen molar-refractivity contribution in [3.63, 3.8) is 0 Å². The molecule has 1 saturated carbocycles. The van der Waals surface area contributed by atoms with Crippen LogP contribution in [-0.4, -0.2) is 5.78 Å². The molecule has 50 valence electrons. The highest BCUT2D eigenvalue weighted by Crippen LogP contribution is 2.20. The molecule has 1 heteroatoms. The third kappa shape index (κ3) is 1.41. The quantitative estimate of drug-likeness (QED) is 0.489. The summed E-state index contributed by atoms with van der Waals surface area (Å²) >= 11 is 0. The van der Waals surface area contributed by atoms with Gasteiger partial charge in [-0.3, -0.25) is 4.79 Å². The second-order valence-corrected chi connectivity index (χ2v) is 2.41. The lowest BCUT2D eigenvalue weighted by Gasteiger charge is -1.88. The molecule has 0 spiro atoms. The molecule has 1 rings (SSSR count). The Kier molecular flexibility index (Phi) is 2.04. The minimum atomic E-state index is 0.372. The first-order chi connectivity index (χ1) is 4.34. The van der Waals surface area contributed by atoms with Crippen molar-refractivity contribution < 1.29 is 4.79 Å². The normalized spacial score (nSPS) is 23.7. The van der Waals surface area contributed by atoms with Crippen molar-refractivity contribution in [3.8, 4) is 0 Å². The van der Waals surface area contributed by atoms with E-state index < -0.39 is 0 Å². The van der Waals surface area contributed by atoms with Gasteiger partial charge in [0.1, 0.15) is 0 Å². The molecule has 0 aromatic rings. The highest BCUT2D eigenvalue weighted by atomic mass is 16.1. The number of carbonyl (C=O) groups excluding carboxylic acids is 1. The van der Waals surface area contributed by atoms with Crippen molar-refractivity contribution in [2.75, 3.05) is 0 Å². The largest absolute Gasteiger partial charge is 0.295 e. The Morgan fingerprint density at radius 1 is 1.56 bits per heavy atom. The van der Waals surface area contributed by atoms with Gasteiger partial charge < -0.3 is 0 Å². The van der Waals surface area contributed by atoms with Gasteiger partial charge in [-0.2, -0.15) is 0 Å². The van der Waals surface area contributed by atoms with Crippen LogP contribution >= 0.6 is 0 Å². The summed E-state index contributed by atoms with van der Waals surface area (Å²) in [6.45, 7) is 2.07. The second-order valence-electron chi connectivity index (χ2n) is 2.41. The molecule has 0 radical (unpaired) electrons. The monoisotopic (exact) mass is 124 g/mol. The fraction of sp³-hybridized carbons (Fsp3) is 0.625. The topological polar surface area (TPSA) is 17.1 Å². The van der Waals surface area contributed by atoms with Crippen molar-refractivity contribution >= 4 is 5.78 Å². The van der Waals surface area contributed by atoms with Crippen LogP contribution in [-0.2, 0) is 4.79 Å². The van der Waals surface area contributed by atoms with Crippen LogP contribution in [0.3, 0.4) is 0 Å². The predicted octanol–water partition coefficient (Wildman–Crippen LogP) is 2.08. The van der Waals surface area contributed by atoms with Gasteiger partial charge in [-0.15, -0.1) is 0 Å². The third-order valence-electron chi connectivity index (χ3n) is 1.66. The maximum absolute atomic E-state index is 10.9. The molecule has 0 aromatic heterocycles. The Morgan fingerprint density at radius 3 is 2.78 bits per heavy atom. The first-order valence-electron chi connectivity index (χ1n) is 3.57. The smallest absolute Gasteiger partial charge is 0.158 e. The van der Waals surface area contributed by atoms with Crippen LogP contribution in [0.15, 0.2) is 11.6 Å². The average Bonchev–Trinajstić information content (AvgIpc) is 2.18. The molecule has 0 atom stereocenters. The highest BCUT2D eigenvalue weighted by Gasteiger charge is 2.15. The molecule has 0 aromatic carbocycles. The second kappa shape index (κ2) is 2.81. The molecule has 0 unspecified atom stereocenters. The molecule has 1 aliphatic rings. The molecule has 0 N–H and O–H groups in total. The number of hydrogen-bond donors (Lipinski definition) is 0. The van der Waals surface area contributed by atoms with E-state index in [0.717, 1.165) is 31.3 Å². The lowest BCUT2D eigenvalue weighted by molar-refractivity contribution is -0.114. The van der Waals surface area contributed by atoms with Crippen molar-refractivity contribution in [2.24, 2.45) is 0 Å². The highest BCUT2D eigenvalue weighted by molar-refractivity contribution is 5.97. The van der Waals surface area contributed by atoms with Gasteiger partial charge in [0.2, 0.25) is 0 Å². The Bertz CT molecular complexity index is 145. The van der Waals surface area contributed by atoms with Crippen LogP contribution in [0.2, 0.25) is 0 Å². The van der Waals surface area contributed by atoms with Gasteiger partial charge in [0.05, 0.1) is 0 Å². The molecule has 0 amide bonds. The summed E-state index contributed by atoms with van der Waals surface area (Å²) in [5, 5.41) is 0. The lowest BCUT2D eigenvalue weighted by Crippen LogP contribution is -1.89. The SMILES string of the molecule is CC/C=C1\CCCC1=O. The minimum Gasteiger partial charge on any atom is -0.295 e. The van der Waals surface area contributed by atoms with Gasteiger partial charge in [-0.25, -0.2) is 0 Å². The van der Waals surface area contributed by atoms with Crippen LogP contribution in [0, 0.1) is 0 Å². The molecular formula is C8H12O. The van der Waals surface area contributed by atoms with Gasteiger partial charge in [0.15, 0.2) is 5.78 Å². The van der Waals surface area contributed by atoms with Crippen molar-refractivity contribution in [3.05, 3.63) is 11.6 Å². The standard InChI is InChI=1S/C8H12O/c1-2-4-7-5-3-6-8(7)9/h4H,2-3,5-6H2,1H3/b7-4+.